The van der Waals surface area contributed by atoms with Gasteiger partial charge in [-0.2, -0.15) is 0 Å². The molecule has 0 saturated heterocycles. The lowest BCUT2D eigenvalue weighted by atomic mass is 10.3. The fraction of sp³-hybridized carbons (Fsp3) is 0.625. The molecule has 0 atom stereocenters. The number of hydrogen-bond acceptors (Lipinski definition) is 4. The van der Waals surface area contributed by atoms with Gasteiger partial charge in [0.05, 0.1) is 17.8 Å². The molecule has 1 aromatic rings. The summed E-state index contributed by atoms with van der Waals surface area (Å²) in [6.07, 6.45) is 2.12. The highest BCUT2D eigenvalue weighted by Crippen LogP contribution is 2.38. The van der Waals surface area contributed by atoms with E-state index in [0.29, 0.717) is 0 Å². The third-order valence-corrected chi connectivity index (χ3v) is 3.02. The number of rotatable bonds is 3. The smallest absolute Gasteiger partial charge is 0.183 e. The van der Waals surface area contributed by atoms with Gasteiger partial charge in [-0.1, -0.05) is 0 Å². The molecule has 0 aliphatic heterocycles. The number of anilines is 1. The highest BCUT2D eigenvalue weighted by Gasteiger charge is 2.42. The standard InChI is InChI=1S/C8H12N2OS/c1-6-4-12-7(9-6)10-8(5-11)2-3-8/h4,11H,2-3,5H2,1H3,(H,9,10). The van der Waals surface area contributed by atoms with Gasteiger partial charge in [-0.25, -0.2) is 4.98 Å². The van der Waals surface area contributed by atoms with Crippen LogP contribution in [0.2, 0.25) is 0 Å². The van der Waals surface area contributed by atoms with Crippen LogP contribution >= 0.6 is 11.3 Å². The lowest BCUT2D eigenvalue weighted by Crippen LogP contribution is -2.25. The first-order chi connectivity index (χ1) is 5.74. The second-order valence-electron chi connectivity index (χ2n) is 3.36. The summed E-state index contributed by atoms with van der Waals surface area (Å²) in [6.45, 7) is 2.19. The van der Waals surface area contributed by atoms with Gasteiger partial charge in [0.25, 0.3) is 0 Å². The predicted molar refractivity (Wildman–Crippen MR) is 49.5 cm³/mol. The number of aliphatic hydroxyl groups excluding tert-OH is 1. The number of thiazole rings is 1. The normalized spacial score (nSPS) is 19.2. The largest absolute Gasteiger partial charge is 0.394 e. The summed E-state index contributed by atoms with van der Waals surface area (Å²) in [6, 6.07) is 0. The molecule has 1 heterocycles. The average molecular weight is 184 g/mol. The number of nitrogens with one attached hydrogen (secondary N) is 1. The first-order valence-corrected chi connectivity index (χ1v) is 4.93. The summed E-state index contributed by atoms with van der Waals surface area (Å²) in [5, 5.41) is 15.2. The Bertz CT molecular complexity index is 280. The zero-order chi connectivity index (χ0) is 8.60. The van der Waals surface area contributed by atoms with Crippen LogP contribution in [-0.2, 0) is 0 Å². The minimum Gasteiger partial charge on any atom is -0.394 e. The van der Waals surface area contributed by atoms with E-state index in [1.807, 2.05) is 12.3 Å². The van der Waals surface area contributed by atoms with Crippen LogP contribution in [0.3, 0.4) is 0 Å². The molecule has 0 spiro atoms. The van der Waals surface area contributed by atoms with Crippen LogP contribution in [0.15, 0.2) is 5.38 Å². The van der Waals surface area contributed by atoms with E-state index >= 15 is 0 Å². The molecule has 1 aliphatic rings. The summed E-state index contributed by atoms with van der Waals surface area (Å²) in [5.74, 6) is 0. The molecular formula is C8H12N2OS. The van der Waals surface area contributed by atoms with Crippen molar-refractivity contribution in [2.24, 2.45) is 0 Å². The monoisotopic (exact) mass is 184 g/mol. The van der Waals surface area contributed by atoms with Crippen LogP contribution in [0.4, 0.5) is 5.13 Å². The van der Waals surface area contributed by atoms with Crippen LogP contribution in [0.1, 0.15) is 18.5 Å². The summed E-state index contributed by atoms with van der Waals surface area (Å²) >= 11 is 1.60. The Morgan fingerprint density at radius 2 is 2.50 bits per heavy atom. The van der Waals surface area contributed by atoms with Crippen LogP contribution in [0.25, 0.3) is 0 Å². The fourth-order valence-corrected chi connectivity index (χ4v) is 1.92. The molecule has 0 amide bonds. The summed E-state index contributed by atoms with van der Waals surface area (Å²) in [4.78, 5) is 4.28. The minimum absolute atomic E-state index is 0.0374. The number of aliphatic hydroxyl groups is 1. The van der Waals surface area contributed by atoms with Crippen molar-refractivity contribution >= 4 is 16.5 Å². The maximum atomic E-state index is 9.04. The Labute approximate surface area is 75.5 Å². The highest BCUT2D eigenvalue weighted by atomic mass is 32.1. The van der Waals surface area contributed by atoms with E-state index in [9.17, 15) is 0 Å². The Kier molecular flexibility index (Phi) is 1.81. The van der Waals surface area contributed by atoms with E-state index in [4.69, 9.17) is 5.11 Å². The topological polar surface area (TPSA) is 45.1 Å². The van der Waals surface area contributed by atoms with E-state index < -0.39 is 0 Å². The number of aromatic nitrogens is 1. The molecular weight excluding hydrogens is 172 g/mol. The molecule has 3 nitrogen and oxygen atoms in total. The molecule has 1 fully saturated rings. The van der Waals surface area contributed by atoms with E-state index in [1.165, 1.54) is 0 Å². The summed E-state index contributed by atoms with van der Waals surface area (Å²) in [7, 11) is 0. The van der Waals surface area contributed by atoms with Crippen molar-refractivity contribution < 1.29 is 5.11 Å². The Morgan fingerprint density at radius 3 is 2.92 bits per heavy atom. The quantitative estimate of drug-likeness (QED) is 0.746. The Balaban J connectivity index is 2.04. The van der Waals surface area contributed by atoms with E-state index in [-0.39, 0.29) is 12.1 Å². The van der Waals surface area contributed by atoms with E-state index in [1.54, 1.807) is 11.3 Å². The molecule has 2 N–H and O–H groups in total. The fourth-order valence-electron chi connectivity index (χ4n) is 1.11. The average Bonchev–Trinajstić information content (AvgIpc) is 2.71. The minimum atomic E-state index is -0.0374. The predicted octanol–water partition coefficient (Wildman–Crippen LogP) is 1.39. The zero-order valence-electron chi connectivity index (χ0n) is 7.00. The molecule has 0 unspecified atom stereocenters. The van der Waals surface area contributed by atoms with Crippen molar-refractivity contribution in [3.05, 3.63) is 11.1 Å². The van der Waals surface area contributed by atoms with Crippen LogP contribution in [0, 0.1) is 6.92 Å². The third-order valence-electron chi connectivity index (χ3n) is 2.15. The van der Waals surface area contributed by atoms with Crippen LogP contribution < -0.4 is 5.32 Å². The molecule has 66 valence electrons. The number of nitrogens with zero attached hydrogens (tertiary/aromatic N) is 1. The van der Waals surface area contributed by atoms with E-state index in [0.717, 1.165) is 23.7 Å². The number of hydrogen-bond donors (Lipinski definition) is 2. The van der Waals surface area contributed by atoms with Crippen molar-refractivity contribution in [3.8, 4) is 0 Å². The molecule has 1 saturated carbocycles. The third kappa shape index (κ3) is 1.44. The lowest BCUT2D eigenvalue weighted by molar-refractivity contribution is 0.266. The maximum Gasteiger partial charge on any atom is 0.183 e. The van der Waals surface area contributed by atoms with Gasteiger partial charge >= 0.3 is 0 Å². The van der Waals surface area contributed by atoms with Crippen LogP contribution in [-0.4, -0.2) is 22.2 Å². The van der Waals surface area contributed by atoms with Crippen molar-refractivity contribution in [2.45, 2.75) is 25.3 Å². The van der Waals surface area contributed by atoms with E-state index in [2.05, 4.69) is 10.3 Å². The van der Waals surface area contributed by atoms with Gasteiger partial charge in [-0.05, 0) is 19.8 Å². The van der Waals surface area contributed by atoms with Crippen molar-refractivity contribution in [3.63, 3.8) is 0 Å². The van der Waals surface area contributed by atoms with Gasteiger partial charge in [0, 0.05) is 5.38 Å². The van der Waals surface area contributed by atoms with Crippen molar-refractivity contribution in [2.75, 3.05) is 11.9 Å². The number of aryl methyl sites for hydroxylation is 1. The van der Waals surface area contributed by atoms with Gasteiger partial charge in [-0.3, -0.25) is 0 Å². The lowest BCUT2D eigenvalue weighted by Gasteiger charge is -2.12. The second-order valence-corrected chi connectivity index (χ2v) is 4.22. The van der Waals surface area contributed by atoms with Crippen molar-refractivity contribution in [1.29, 1.82) is 0 Å². The van der Waals surface area contributed by atoms with Crippen LogP contribution in [0.5, 0.6) is 0 Å². The maximum absolute atomic E-state index is 9.04. The van der Waals surface area contributed by atoms with Crippen molar-refractivity contribution in [1.82, 2.24) is 4.98 Å². The summed E-state index contributed by atoms with van der Waals surface area (Å²) < 4.78 is 0. The molecule has 4 heteroatoms. The molecule has 1 aromatic heterocycles. The molecule has 0 bridgehead atoms. The second kappa shape index (κ2) is 2.71. The molecule has 2 rings (SSSR count). The van der Waals surface area contributed by atoms with Gasteiger partial charge in [0.1, 0.15) is 0 Å². The molecule has 1 aliphatic carbocycles. The zero-order valence-corrected chi connectivity index (χ0v) is 7.82. The Morgan fingerprint density at radius 1 is 1.75 bits per heavy atom. The molecule has 0 aromatic carbocycles. The summed E-state index contributed by atoms with van der Waals surface area (Å²) in [5.41, 5.74) is 1.00. The van der Waals surface area contributed by atoms with Gasteiger partial charge in [0.15, 0.2) is 5.13 Å². The SMILES string of the molecule is Cc1csc(NC2(CO)CC2)n1. The molecule has 0 radical (unpaired) electrons. The van der Waals surface area contributed by atoms with Gasteiger partial charge in [-0.15, -0.1) is 11.3 Å². The van der Waals surface area contributed by atoms with Gasteiger partial charge in [0.2, 0.25) is 0 Å². The highest BCUT2D eigenvalue weighted by molar-refractivity contribution is 7.13. The molecule has 12 heavy (non-hydrogen) atoms. The first-order valence-electron chi connectivity index (χ1n) is 4.05. The van der Waals surface area contributed by atoms with Gasteiger partial charge < -0.3 is 10.4 Å². The first kappa shape index (κ1) is 8.01. The Hall–Kier alpha value is -0.610.